The molecule has 7 nitrogen and oxygen atoms in total. The number of amides is 1. The summed E-state index contributed by atoms with van der Waals surface area (Å²) in [5.74, 6) is 2.17. The first-order valence-electron chi connectivity index (χ1n) is 13.7. The monoisotopic (exact) mass is 531 g/mol. The van der Waals surface area contributed by atoms with Crippen molar-refractivity contribution in [2.75, 3.05) is 26.6 Å². The lowest BCUT2D eigenvalue weighted by atomic mass is 10.0. The Morgan fingerprint density at radius 1 is 0.846 bits per heavy atom. The number of unbranched alkanes of at least 4 members (excludes halogenated alkanes) is 2. The molecular weight excluding hydrogens is 494 g/mol. The zero-order valence-electron chi connectivity index (χ0n) is 22.8. The maximum Gasteiger partial charge on any atom is 0.305 e. The number of fused-ring (bicyclic) bond motifs is 1. The van der Waals surface area contributed by atoms with Crippen molar-refractivity contribution in [1.82, 2.24) is 4.90 Å². The van der Waals surface area contributed by atoms with Crippen LogP contribution in [0.5, 0.6) is 17.2 Å². The van der Waals surface area contributed by atoms with Crippen molar-refractivity contribution in [2.24, 2.45) is 0 Å². The van der Waals surface area contributed by atoms with Crippen LogP contribution in [0.1, 0.15) is 61.9 Å². The lowest BCUT2D eigenvalue weighted by Gasteiger charge is -2.23. The third-order valence-electron chi connectivity index (χ3n) is 6.51. The molecule has 0 radical (unpaired) electrons. The molecule has 206 valence electrons. The Kier molecular flexibility index (Phi) is 10.2. The summed E-state index contributed by atoms with van der Waals surface area (Å²) >= 11 is 0. The van der Waals surface area contributed by atoms with E-state index in [0.29, 0.717) is 38.3 Å². The Morgan fingerprint density at radius 2 is 1.59 bits per heavy atom. The van der Waals surface area contributed by atoms with Crippen LogP contribution in [0, 0.1) is 0 Å². The lowest BCUT2D eigenvalue weighted by molar-refractivity contribution is -0.143. The Labute approximate surface area is 230 Å². The first-order chi connectivity index (χ1) is 19.1. The minimum Gasteiger partial charge on any atom is -0.494 e. The molecule has 1 amide bonds. The van der Waals surface area contributed by atoms with Gasteiger partial charge in [-0.25, -0.2) is 0 Å². The smallest absolute Gasteiger partial charge is 0.305 e. The van der Waals surface area contributed by atoms with Gasteiger partial charge in [-0.3, -0.25) is 9.59 Å². The molecule has 4 rings (SSSR count). The molecule has 0 fully saturated rings. The molecule has 39 heavy (non-hydrogen) atoms. The van der Waals surface area contributed by atoms with E-state index in [9.17, 15) is 9.59 Å². The highest BCUT2D eigenvalue weighted by atomic mass is 16.7. The molecule has 0 saturated heterocycles. The largest absolute Gasteiger partial charge is 0.494 e. The van der Waals surface area contributed by atoms with Gasteiger partial charge in [-0.1, -0.05) is 37.3 Å². The van der Waals surface area contributed by atoms with Crippen molar-refractivity contribution >= 4 is 11.9 Å². The summed E-state index contributed by atoms with van der Waals surface area (Å²) in [7, 11) is 0. The topological polar surface area (TPSA) is 74.3 Å². The van der Waals surface area contributed by atoms with Crippen LogP contribution < -0.4 is 14.2 Å². The fourth-order valence-electron chi connectivity index (χ4n) is 4.47. The third kappa shape index (κ3) is 7.99. The zero-order chi connectivity index (χ0) is 27.5. The number of nitrogens with zero attached hydrogens (tertiary/aromatic N) is 1. The number of carbonyl (C=O) groups excluding carboxylic acids is 2. The van der Waals surface area contributed by atoms with Crippen molar-refractivity contribution in [3.05, 3.63) is 77.9 Å². The molecule has 1 heterocycles. The molecule has 3 aromatic rings. The summed E-state index contributed by atoms with van der Waals surface area (Å²) in [5.41, 5.74) is 3.75. The van der Waals surface area contributed by atoms with Crippen molar-refractivity contribution in [1.29, 1.82) is 0 Å². The third-order valence-corrected chi connectivity index (χ3v) is 6.51. The highest BCUT2D eigenvalue weighted by molar-refractivity contribution is 5.94. The van der Waals surface area contributed by atoms with E-state index in [1.54, 1.807) is 0 Å². The first kappa shape index (κ1) is 28.0. The van der Waals surface area contributed by atoms with E-state index in [1.165, 1.54) is 0 Å². The van der Waals surface area contributed by atoms with Gasteiger partial charge < -0.3 is 23.8 Å². The van der Waals surface area contributed by atoms with E-state index < -0.39 is 0 Å². The maximum absolute atomic E-state index is 13.3. The number of ether oxygens (including phenoxy) is 4. The minimum atomic E-state index is -0.136. The Bertz CT molecular complexity index is 1220. The van der Waals surface area contributed by atoms with E-state index in [4.69, 9.17) is 18.9 Å². The van der Waals surface area contributed by atoms with Crippen LogP contribution in [0.25, 0.3) is 11.1 Å². The van der Waals surface area contributed by atoms with Crippen molar-refractivity contribution < 1.29 is 28.5 Å². The van der Waals surface area contributed by atoms with Crippen molar-refractivity contribution in [2.45, 2.75) is 52.5 Å². The van der Waals surface area contributed by atoms with Gasteiger partial charge in [0.25, 0.3) is 5.91 Å². The number of esters is 1. The molecule has 0 N–H and O–H groups in total. The normalized spacial score (nSPS) is 11.7. The van der Waals surface area contributed by atoms with Crippen LogP contribution in [-0.4, -0.2) is 43.3 Å². The van der Waals surface area contributed by atoms with Crippen molar-refractivity contribution in [3.63, 3.8) is 0 Å². The molecule has 0 saturated carbocycles. The zero-order valence-corrected chi connectivity index (χ0v) is 22.8. The Balaban J connectivity index is 1.28. The van der Waals surface area contributed by atoms with Gasteiger partial charge in [0.15, 0.2) is 11.5 Å². The molecule has 0 atom stereocenters. The summed E-state index contributed by atoms with van der Waals surface area (Å²) in [6.07, 6.45) is 3.94. The highest BCUT2D eigenvalue weighted by Crippen LogP contribution is 2.36. The standard InChI is InChI=1S/C32H37NO6/c1-3-19-33(22-24-9-16-28(17-10-24)37-20-7-5-6-8-31(34)36-4-2)32(35)26-13-11-25(12-14-26)27-15-18-29-30(21-27)39-23-38-29/h9-18,21H,3-8,19-20,22-23H2,1-2H3. The van der Waals surface area contributed by atoms with E-state index in [0.717, 1.165) is 59.6 Å². The molecule has 7 heteroatoms. The highest BCUT2D eigenvalue weighted by Gasteiger charge is 2.17. The second kappa shape index (κ2) is 14.2. The van der Waals surface area contributed by atoms with Crippen LogP contribution in [0.2, 0.25) is 0 Å². The number of carbonyl (C=O) groups is 2. The van der Waals surface area contributed by atoms with Crippen LogP contribution in [0.4, 0.5) is 0 Å². The second-order valence-electron chi connectivity index (χ2n) is 9.48. The molecule has 0 aromatic heterocycles. The fourth-order valence-corrected chi connectivity index (χ4v) is 4.47. The predicted octanol–water partition coefficient (Wildman–Crippen LogP) is 6.64. The predicted molar refractivity (Wildman–Crippen MR) is 150 cm³/mol. The van der Waals surface area contributed by atoms with Crippen LogP contribution in [-0.2, 0) is 16.1 Å². The summed E-state index contributed by atoms with van der Waals surface area (Å²) < 4.78 is 21.7. The molecule has 0 spiro atoms. The van der Waals surface area contributed by atoms with E-state index in [1.807, 2.05) is 78.6 Å². The summed E-state index contributed by atoms with van der Waals surface area (Å²) in [6.45, 7) is 6.38. The van der Waals surface area contributed by atoms with Gasteiger partial charge in [0.1, 0.15) is 5.75 Å². The summed E-state index contributed by atoms with van der Waals surface area (Å²) in [6, 6.07) is 21.5. The fraction of sp³-hybridized carbons (Fsp3) is 0.375. The molecule has 1 aliphatic rings. The maximum atomic E-state index is 13.3. The average Bonchev–Trinajstić information content (AvgIpc) is 3.43. The SMILES string of the molecule is CCCN(Cc1ccc(OCCCCCC(=O)OCC)cc1)C(=O)c1ccc(-c2ccc3c(c2)OCO3)cc1. The van der Waals surface area contributed by atoms with Gasteiger partial charge in [-0.2, -0.15) is 0 Å². The molecular formula is C32H37NO6. The quantitative estimate of drug-likeness (QED) is 0.172. The van der Waals surface area contributed by atoms with E-state index in [2.05, 4.69) is 6.92 Å². The Hall–Kier alpha value is -4.00. The summed E-state index contributed by atoms with van der Waals surface area (Å²) in [4.78, 5) is 26.6. The van der Waals surface area contributed by atoms with Crippen molar-refractivity contribution in [3.8, 4) is 28.4 Å². The molecule has 0 aliphatic carbocycles. The Morgan fingerprint density at radius 3 is 2.33 bits per heavy atom. The van der Waals surface area contributed by atoms with Crippen LogP contribution in [0.3, 0.4) is 0 Å². The van der Waals surface area contributed by atoms with E-state index in [-0.39, 0.29) is 18.7 Å². The number of rotatable bonds is 14. The molecule has 3 aromatic carbocycles. The van der Waals surface area contributed by atoms with Crippen LogP contribution >= 0.6 is 0 Å². The van der Waals surface area contributed by atoms with Gasteiger partial charge in [0.2, 0.25) is 6.79 Å². The van der Waals surface area contributed by atoms with Gasteiger partial charge >= 0.3 is 5.97 Å². The number of hydrogen-bond acceptors (Lipinski definition) is 6. The molecule has 1 aliphatic heterocycles. The molecule has 0 unspecified atom stereocenters. The minimum absolute atomic E-state index is 0.0113. The van der Waals surface area contributed by atoms with E-state index >= 15 is 0 Å². The first-order valence-corrected chi connectivity index (χ1v) is 13.7. The van der Waals surface area contributed by atoms with Gasteiger partial charge in [-0.05, 0) is 85.7 Å². The second-order valence-corrected chi connectivity index (χ2v) is 9.48. The number of hydrogen-bond donors (Lipinski definition) is 0. The van der Waals surface area contributed by atoms with Gasteiger partial charge in [0.05, 0.1) is 13.2 Å². The number of benzene rings is 3. The molecule has 0 bridgehead atoms. The summed E-state index contributed by atoms with van der Waals surface area (Å²) in [5, 5.41) is 0. The van der Waals surface area contributed by atoms with Gasteiger partial charge in [0, 0.05) is 25.1 Å². The van der Waals surface area contributed by atoms with Gasteiger partial charge in [-0.15, -0.1) is 0 Å². The lowest BCUT2D eigenvalue weighted by Crippen LogP contribution is -2.31. The van der Waals surface area contributed by atoms with Crippen LogP contribution in [0.15, 0.2) is 66.7 Å². The average molecular weight is 532 g/mol.